The number of rotatable bonds is 3. The molecule has 7 heteroatoms. The van der Waals surface area contributed by atoms with Gasteiger partial charge in [0, 0.05) is 56.6 Å². The summed E-state index contributed by atoms with van der Waals surface area (Å²) < 4.78 is 15.0. The number of amides is 2. The molecule has 0 atom stereocenters. The number of carbonyl (C=O) groups is 2. The SMILES string of the molecule is CN1CCCc2cc(-c3ccc(C(=O)N4CCN(C(=O)C5(O)CC5)CC4)cc3F)ccc21. The zero-order chi connectivity index (χ0) is 22.5. The first kappa shape index (κ1) is 20.9. The van der Waals surface area contributed by atoms with Crippen LogP contribution in [-0.4, -0.2) is 72.1 Å². The fourth-order valence-corrected chi connectivity index (χ4v) is 4.76. The van der Waals surface area contributed by atoms with Crippen LogP contribution in [0.4, 0.5) is 10.1 Å². The van der Waals surface area contributed by atoms with E-state index < -0.39 is 11.4 Å². The molecule has 2 aromatic carbocycles. The highest BCUT2D eigenvalue weighted by Gasteiger charge is 2.50. The Hall–Kier alpha value is -2.93. The zero-order valence-corrected chi connectivity index (χ0v) is 18.3. The largest absolute Gasteiger partial charge is 0.380 e. The summed E-state index contributed by atoms with van der Waals surface area (Å²) in [5, 5.41) is 10.0. The third-order valence-corrected chi connectivity index (χ3v) is 6.93. The Labute approximate surface area is 187 Å². The van der Waals surface area contributed by atoms with Gasteiger partial charge in [0.2, 0.25) is 0 Å². The number of hydrogen-bond acceptors (Lipinski definition) is 4. The molecule has 32 heavy (non-hydrogen) atoms. The number of halogens is 1. The van der Waals surface area contributed by atoms with Crippen LogP contribution in [0.1, 0.15) is 35.2 Å². The molecule has 2 heterocycles. The number of anilines is 1. The minimum absolute atomic E-state index is 0.236. The van der Waals surface area contributed by atoms with Crippen LogP contribution in [0.15, 0.2) is 36.4 Å². The van der Waals surface area contributed by atoms with Crippen molar-refractivity contribution in [2.24, 2.45) is 0 Å². The van der Waals surface area contributed by atoms with Crippen LogP contribution in [0.2, 0.25) is 0 Å². The van der Waals surface area contributed by atoms with Crippen molar-refractivity contribution in [3.8, 4) is 11.1 Å². The van der Waals surface area contributed by atoms with E-state index in [9.17, 15) is 14.7 Å². The van der Waals surface area contributed by atoms with Crippen LogP contribution in [0.5, 0.6) is 0 Å². The minimum atomic E-state index is -1.18. The first-order valence-corrected chi connectivity index (χ1v) is 11.3. The lowest BCUT2D eigenvalue weighted by Crippen LogP contribution is -2.53. The minimum Gasteiger partial charge on any atom is -0.380 e. The summed E-state index contributed by atoms with van der Waals surface area (Å²) in [5.74, 6) is -0.888. The smallest absolute Gasteiger partial charge is 0.254 e. The third-order valence-electron chi connectivity index (χ3n) is 6.93. The van der Waals surface area contributed by atoms with Crippen molar-refractivity contribution in [3.05, 3.63) is 53.3 Å². The fourth-order valence-electron chi connectivity index (χ4n) is 4.76. The van der Waals surface area contributed by atoms with E-state index in [0.29, 0.717) is 50.1 Å². The van der Waals surface area contributed by atoms with Gasteiger partial charge in [0.15, 0.2) is 0 Å². The number of piperazine rings is 1. The summed E-state index contributed by atoms with van der Waals surface area (Å²) in [6.45, 7) is 2.56. The van der Waals surface area contributed by atoms with E-state index in [4.69, 9.17) is 0 Å². The average molecular weight is 438 g/mol. The Balaban J connectivity index is 1.28. The second-order valence-electron chi connectivity index (χ2n) is 9.18. The highest BCUT2D eigenvalue weighted by Crippen LogP contribution is 2.37. The highest BCUT2D eigenvalue weighted by molar-refractivity contribution is 5.95. The van der Waals surface area contributed by atoms with Gasteiger partial charge in [-0.3, -0.25) is 9.59 Å². The highest BCUT2D eigenvalue weighted by atomic mass is 19.1. The normalized spacial score (nSPS) is 19.5. The molecule has 2 amide bonds. The van der Waals surface area contributed by atoms with Gasteiger partial charge < -0.3 is 19.8 Å². The van der Waals surface area contributed by atoms with E-state index in [0.717, 1.165) is 24.9 Å². The maximum Gasteiger partial charge on any atom is 0.254 e. The Bertz CT molecular complexity index is 1070. The molecule has 2 aliphatic heterocycles. The van der Waals surface area contributed by atoms with E-state index in [1.165, 1.54) is 17.3 Å². The van der Waals surface area contributed by atoms with Crippen molar-refractivity contribution in [1.82, 2.24) is 9.80 Å². The second kappa shape index (κ2) is 7.89. The third kappa shape index (κ3) is 3.75. The molecular weight excluding hydrogens is 409 g/mol. The van der Waals surface area contributed by atoms with Crippen molar-refractivity contribution in [2.75, 3.05) is 44.7 Å². The van der Waals surface area contributed by atoms with Crippen molar-refractivity contribution in [2.45, 2.75) is 31.3 Å². The molecule has 3 aliphatic rings. The topological polar surface area (TPSA) is 64.1 Å². The standard InChI is InChI=1S/C25H28FN3O3/c1-27-10-2-3-18-15-17(5-7-22(18)27)20-6-4-19(16-21(20)26)23(30)28-11-13-29(14-12-28)24(31)25(32)8-9-25/h4-7,15-16,32H,2-3,8-14H2,1H3. The summed E-state index contributed by atoms with van der Waals surface area (Å²) in [6, 6.07) is 10.7. The summed E-state index contributed by atoms with van der Waals surface area (Å²) in [6.07, 6.45) is 3.09. The first-order chi connectivity index (χ1) is 15.4. The van der Waals surface area contributed by atoms with Gasteiger partial charge in [-0.15, -0.1) is 0 Å². The lowest BCUT2D eigenvalue weighted by molar-refractivity contribution is -0.143. The van der Waals surface area contributed by atoms with Gasteiger partial charge in [-0.2, -0.15) is 0 Å². The first-order valence-electron chi connectivity index (χ1n) is 11.3. The Kier molecular flexibility index (Phi) is 5.16. The molecule has 2 aromatic rings. The number of benzene rings is 2. The van der Waals surface area contributed by atoms with Gasteiger partial charge in [-0.05, 0) is 61.1 Å². The lowest BCUT2D eigenvalue weighted by atomic mass is 9.95. The van der Waals surface area contributed by atoms with Gasteiger partial charge in [0.05, 0.1) is 0 Å². The molecule has 2 fully saturated rings. The van der Waals surface area contributed by atoms with Gasteiger partial charge in [0.25, 0.3) is 11.8 Å². The summed E-state index contributed by atoms with van der Waals surface area (Å²) in [7, 11) is 2.07. The number of fused-ring (bicyclic) bond motifs is 1. The molecule has 1 aliphatic carbocycles. The molecule has 5 rings (SSSR count). The molecule has 1 saturated heterocycles. The van der Waals surface area contributed by atoms with Gasteiger partial charge in [0.1, 0.15) is 11.4 Å². The van der Waals surface area contributed by atoms with Gasteiger partial charge >= 0.3 is 0 Å². The Morgan fingerprint density at radius 3 is 2.38 bits per heavy atom. The van der Waals surface area contributed by atoms with E-state index in [1.807, 2.05) is 12.1 Å². The maximum atomic E-state index is 15.0. The summed E-state index contributed by atoms with van der Waals surface area (Å²) in [4.78, 5) is 30.7. The van der Waals surface area contributed by atoms with Crippen LogP contribution < -0.4 is 4.90 Å². The monoisotopic (exact) mass is 437 g/mol. The molecule has 1 saturated carbocycles. The predicted octanol–water partition coefficient (Wildman–Crippen LogP) is 2.68. The molecule has 0 spiro atoms. The van der Waals surface area contributed by atoms with Crippen LogP contribution in [-0.2, 0) is 11.2 Å². The molecule has 0 unspecified atom stereocenters. The quantitative estimate of drug-likeness (QED) is 0.802. The number of aryl methyl sites for hydroxylation is 1. The average Bonchev–Trinajstić information content (AvgIpc) is 3.56. The van der Waals surface area contributed by atoms with Crippen LogP contribution in [0.3, 0.4) is 0 Å². The molecule has 0 bridgehead atoms. The molecule has 6 nitrogen and oxygen atoms in total. The van der Waals surface area contributed by atoms with E-state index in [1.54, 1.807) is 21.9 Å². The number of nitrogens with zero attached hydrogens (tertiary/aromatic N) is 3. The number of aliphatic hydroxyl groups is 1. The van der Waals surface area contributed by atoms with Gasteiger partial charge in [-0.25, -0.2) is 4.39 Å². The van der Waals surface area contributed by atoms with Crippen molar-refractivity contribution in [3.63, 3.8) is 0 Å². The van der Waals surface area contributed by atoms with Crippen LogP contribution in [0, 0.1) is 5.82 Å². The Morgan fingerprint density at radius 1 is 0.969 bits per heavy atom. The number of hydrogen-bond donors (Lipinski definition) is 1. The predicted molar refractivity (Wildman–Crippen MR) is 120 cm³/mol. The van der Waals surface area contributed by atoms with Gasteiger partial charge in [-0.1, -0.05) is 12.1 Å². The van der Waals surface area contributed by atoms with Crippen LogP contribution in [0.25, 0.3) is 11.1 Å². The van der Waals surface area contributed by atoms with Crippen molar-refractivity contribution < 1.29 is 19.1 Å². The fraction of sp³-hybridized carbons (Fsp3) is 0.440. The van der Waals surface area contributed by atoms with E-state index >= 15 is 4.39 Å². The van der Waals surface area contributed by atoms with Crippen LogP contribution >= 0.6 is 0 Å². The van der Waals surface area contributed by atoms with Crippen molar-refractivity contribution >= 4 is 17.5 Å². The number of carbonyl (C=O) groups excluding carboxylic acids is 2. The lowest BCUT2D eigenvalue weighted by Gasteiger charge is -2.35. The summed E-state index contributed by atoms with van der Waals surface area (Å²) in [5.41, 5.74) is 2.85. The van der Waals surface area contributed by atoms with E-state index in [-0.39, 0.29) is 11.8 Å². The molecule has 1 N–H and O–H groups in total. The molecular formula is C25H28FN3O3. The Morgan fingerprint density at radius 2 is 1.69 bits per heavy atom. The summed E-state index contributed by atoms with van der Waals surface area (Å²) >= 11 is 0. The zero-order valence-electron chi connectivity index (χ0n) is 18.3. The van der Waals surface area contributed by atoms with E-state index in [2.05, 4.69) is 18.0 Å². The second-order valence-corrected chi connectivity index (χ2v) is 9.18. The molecule has 0 aromatic heterocycles. The molecule has 0 radical (unpaired) electrons. The van der Waals surface area contributed by atoms with Crippen molar-refractivity contribution in [1.29, 1.82) is 0 Å². The maximum absolute atomic E-state index is 15.0. The molecule has 168 valence electrons.